The van der Waals surface area contributed by atoms with Crippen molar-refractivity contribution in [3.8, 4) is 22.8 Å². The lowest BCUT2D eigenvalue weighted by Crippen LogP contribution is -1.82. The van der Waals surface area contributed by atoms with Crippen LogP contribution in [-0.4, -0.2) is 20.2 Å². The lowest BCUT2D eigenvalue weighted by molar-refractivity contribution is 0.518. The van der Waals surface area contributed by atoms with Crippen LogP contribution < -0.4 is 0 Å². The summed E-state index contributed by atoms with van der Waals surface area (Å²) in [5.74, 6) is -4.25. The highest BCUT2D eigenvalue weighted by molar-refractivity contribution is 5.65. The first-order valence-corrected chi connectivity index (χ1v) is 5.19. The largest absolute Gasteiger partial charge is 0.355 e. The predicted octanol–water partition coefficient (Wildman–Crippen LogP) is 2.96. The van der Waals surface area contributed by atoms with Gasteiger partial charge in [-0.3, -0.25) is 5.10 Å². The highest BCUT2D eigenvalue weighted by atomic mass is 19.2. The van der Waals surface area contributed by atoms with Crippen LogP contribution in [0, 0.1) is 23.3 Å². The van der Waals surface area contributed by atoms with Gasteiger partial charge >= 0.3 is 0 Å². The van der Waals surface area contributed by atoms with Crippen LogP contribution in [0.1, 0.15) is 0 Å². The van der Waals surface area contributed by atoms with Gasteiger partial charge in [0.2, 0.25) is 0 Å². The first-order valence-electron chi connectivity index (χ1n) is 5.19. The maximum Gasteiger partial charge on any atom is 0.186 e. The topological polar surface area (TPSA) is 60.3 Å². The summed E-state index contributed by atoms with van der Waals surface area (Å²) in [5.41, 5.74) is -0.160. The van der Waals surface area contributed by atoms with Crippen LogP contribution in [0.3, 0.4) is 0 Å². The first kappa shape index (κ1) is 11.6. The maximum atomic E-state index is 13.3. The van der Waals surface area contributed by atoms with Crippen molar-refractivity contribution in [2.45, 2.75) is 0 Å². The fourth-order valence-corrected chi connectivity index (χ4v) is 1.72. The number of hydrogen-bond acceptors (Lipinski definition) is 1. The third-order valence-corrected chi connectivity index (χ3v) is 2.65. The minimum atomic E-state index is -1.09. The van der Waals surface area contributed by atoms with Gasteiger partial charge in [0, 0.05) is 12.4 Å². The Morgan fingerprint density at radius 3 is 1.95 bits per heavy atom. The molecule has 0 fully saturated rings. The summed E-state index contributed by atoms with van der Waals surface area (Å²) in [7, 11) is 0. The Labute approximate surface area is 103 Å². The summed E-state index contributed by atoms with van der Waals surface area (Å²) in [6, 6.07) is 1.27. The van der Waals surface area contributed by atoms with Crippen LogP contribution in [-0.2, 0) is 0 Å². The number of aromatic amines is 3. The minimum Gasteiger partial charge on any atom is -0.355 e. The molecule has 0 spiro atoms. The molecule has 0 unspecified atom stereocenters. The minimum absolute atomic E-state index is 0.0470. The number of nitrogens with zero attached hydrogens (tertiary/aromatic N) is 1. The molecule has 0 saturated heterocycles. The van der Waals surface area contributed by atoms with E-state index in [4.69, 9.17) is 0 Å². The van der Waals surface area contributed by atoms with E-state index in [9.17, 15) is 17.6 Å². The van der Waals surface area contributed by atoms with Crippen LogP contribution in [0.15, 0.2) is 18.5 Å². The van der Waals surface area contributed by atoms with Crippen molar-refractivity contribution in [1.29, 1.82) is 0 Å². The van der Waals surface area contributed by atoms with Gasteiger partial charge in [0.15, 0.2) is 23.3 Å². The maximum absolute atomic E-state index is 13.3. The summed E-state index contributed by atoms with van der Waals surface area (Å²) in [6.07, 6.45) is 1.69. The van der Waals surface area contributed by atoms with Crippen molar-refractivity contribution >= 4 is 0 Å². The molecular weight excluding hydrogens is 264 g/mol. The molecule has 98 valence electrons. The van der Waals surface area contributed by atoms with Crippen molar-refractivity contribution in [3.63, 3.8) is 0 Å². The Hall–Kier alpha value is -2.51. The van der Waals surface area contributed by atoms with Crippen molar-refractivity contribution in [3.05, 3.63) is 41.7 Å². The highest BCUT2D eigenvalue weighted by Gasteiger charge is 2.18. The molecule has 3 aromatic heterocycles. The van der Waals surface area contributed by atoms with Crippen molar-refractivity contribution in [2.75, 3.05) is 0 Å². The fraction of sp³-hybridized carbons (Fsp3) is 0. The summed E-state index contributed by atoms with van der Waals surface area (Å²) >= 11 is 0. The molecule has 3 heterocycles. The molecule has 8 heteroatoms. The average molecular weight is 270 g/mol. The van der Waals surface area contributed by atoms with Crippen LogP contribution in [0.4, 0.5) is 17.6 Å². The van der Waals surface area contributed by atoms with Gasteiger partial charge in [-0.05, 0) is 6.07 Å². The molecule has 0 aliphatic carbocycles. The van der Waals surface area contributed by atoms with E-state index in [0.717, 1.165) is 12.4 Å². The zero-order chi connectivity index (χ0) is 13.6. The third kappa shape index (κ3) is 1.72. The SMILES string of the molecule is Fc1c[nH]c(-c2cc(-c3[nH]cc(F)c3F)[nH]n2)c1F. The van der Waals surface area contributed by atoms with E-state index in [0.29, 0.717) is 0 Å². The van der Waals surface area contributed by atoms with E-state index in [2.05, 4.69) is 20.2 Å². The average Bonchev–Trinajstić information content (AvgIpc) is 3.05. The molecule has 0 saturated carbocycles. The summed E-state index contributed by atoms with van der Waals surface area (Å²) < 4.78 is 52.4. The van der Waals surface area contributed by atoms with Gasteiger partial charge in [-0.15, -0.1) is 0 Å². The second-order valence-corrected chi connectivity index (χ2v) is 3.82. The van der Waals surface area contributed by atoms with Gasteiger partial charge < -0.3 is 9.97 Å². The van der Waals surface area contributed by atoms with E-state index < -0.39 is 23.3 Å². The molecule has 3 rings (SSSR count). The molecule has 3 N–H and O–H groups in total. The molecule has 0 bridgehead atoms. The number of hydrogen-bond donors (Lipinski definition) is 3. The standard InChI is InChI=1S/C11H6F4N4/c12-4-2-16-10(8(4)14)6-1-7(19-18-6)11-9(15)5(13)3-17-11/h1-3,16-17H,(H,18,19). The zero-order valence-corrected chi connectivity index (χ0v) is 9.19. The monoisotopic (exact) mass is 270 g/mol. The number of rotatable bonds is 2. The van der Waals surface area contributed by atoms with Crippen LogP contribution in [0.2, 0.25) is 0 Å². The van der Waals surface area contributed by atoms with Crippen molar-refractivity contribution in [1.82, 2.24) is 20.2 Å². The molecule has 19 heavy (non-hydrogen) atoms. The second-order valence-electron chi connectivity index (χ2n) is 3.82. The first-order chi connectivity index (χ1) is 9.08. The predicted molar refractivity (Wildman–Crippen MR) is 58.0 cm³/mol. The number of H-pyrrole nitrogens is 3. The van der Waals surface area contributed by atoms with Crippen molar-refractivity contribution in [2.24, 2.45) is 0 Å². The number of nitrogens with one attached hydrogen (secondary N) is 3. The van der Waals surface area contributed by atoms with E-state index in [1.54, 1.807) is 0 Å². The van der Waals surface area contributed by atoms with Gasteiger partial charge in [-0.2, -0.15) is 5.10 Å². The molecule has 0 aliphatic heterocycles. The molecule has 4 nitrogen and oxygen atoms in total. The lowest BCUT2D eigenvalue weighted by atomic mass is 10.2. The smallest absolute Gasteiger partial charge is 0.186 e. The fourth-order valence-electron chi connectivity index (χ4n) is 1.72. The molecule has 0 aliphatic rings. The van der Waals surface area contributed by atoms with Crippen LogP contribution in [0.25, 0.3) is 22.8 Å². The van der Waals surface area contributed by atoms with Gasteiger partial charge in [-0.25, -0.2) is 17.6 Å². The van der Waals surface area contributed by atoms with Gasteiger partial charge in [0.25, 0.3) is 0 Å². The van der Waals surface area contributed by atoms with E-state index in [-0.39, 0.29) is 22.8 Å². The Bertz CT molecular complexity index is 679. The van der Waals surface area contributed by atoms with Gasteiger partial charge in [0.05, 0.1) is 5.69 Å². The lowest BCUT2D eigenvalue weighted by Gasteiger charge is -1.91. The summed E-state index contributed by atoms with van der Waals surface area (Å²) in [4.78, 5) is 4.74. The van der Waals surface area contributed by atoms with Crippen LogP contribution in [0.5, 0.6) is 0 Å². The van der Waals surface area contributed by atoms with Gasteiger partial charge in [0.1, 0.15) is 17.1 Å². The summed E-state index contributed by atoms with van der Waals surface area (Å²) in [5, 5.41) is 6.13. The Morgan fingerprint density at radius 2 is 1.42 bits per heavy atom. The molecule has 0 radical (unpaired) electrons. The molecule has 3 aromatic rings. The van der Waals surface area contributed by atoms with E-state index in [1.807, 2.05) is 0 Å². The van der Waals surface area contributed by atoms with Crippen LogP contribution >= 0.6 is 0 Å². The van der Waals surface area contributed by atoms with E-state index in [1.165, 1.54) is 6.07 Å². The quantitative estimate of drug-likeness (QED) is 0.616. The van der Waals surface area contributed by atoms with Crippen molar-refractivity contribution < 1.29 is 17.6 Å². The number of aromatic nitrogens is 4. The highest BCUT2D eigenvalue weighted by Crippen LogP contribution is 2.27. The molecule has 0 aromatic carbocycles. The summed E-state index contributed by atoms with van der Waals surface area (Å²) in [6.45, 7) is 0. The Balaban J connectivity index is 2.05. The molecule has 0 amide bonds. The molecule has 0 atom stereocenters. The van der Waals surface area contributed by atoms with Gasteiger partial charge in [-0.1, -0.05) is 0 Å². The molecular formula is C11H6F4N4. The van der Waals surface area contributed by atoms with E-state index >= 15 is 0 Å². The number of halogens is 4. The third-order valence-electron chi connectivity index (χ3n) is 2.65. The zero-order valence-electron chi connectivity index (χ0n) is 9.19. The normalized spacial score (nSPS) is 11.2. The Morgan fingerprint density at radius 1 is 0.842 bits per heavy atom. The Kier molecular flexibility index (Phi) is 2.44. The second kappa shape index (κ2) is 4.01.